The summed E-state index contributed by atoms with van der Waals surface area (Å²) in [6.45, 7) is 7.81. The van der Waals surface area contributed by atoms with Gasteiger partial charge in [-0.1, -0.05) is 32.1 Å². The van der Waals surface area contributed by atoms with E-state index in [1.165, 1.54) is 0 Å². The number of Topliss-reactive ketones (excluding diaryl/α,β-unsaturated/α-hetero) is 1. The molecule has 0 aliphatic heterocycles. The molecule has 0 aromatic heterocycles. The molecule has 3 fully saturated rings. The third-order valence-electron chi connectivity index (χ3n) is 8.15. The molecule has 0 bridgehead atoms. The second kappa shape index (κ2) is 5.58. The van der Waals surface area contributed by atoms with E-state index in [-0.39, 0.29) is 36.2 Å². The minimum Gasteiger partial charge on any atom is -0.393 e. The highest BCUT2D eigenvalue weighted by Crippen LogP contribution is 2.67. The zero-order chi connectivity index (χ0) is 19.8. The fraction of sp³-hybridized carbons (Fsp3) is 0.591. The van der Waals surface area contributed by atoms with Gasteiger partial charge in [-0.05, 0) is 55.2 Å². The highest BCUT2D eigenvalue weighted by atomic mass is 16.3. The Labute approximate surface area is 158 Å². The van der Waals surface area contributed by atoms with Crippen LogP contribution in [0, 0.1) is 28.6 Å². The first-order chi connectivity index (χ1) is 12.6. The summed E-state index contributed by atoms with van der Waals surface area (Å²) in [5, 5.41) is 22.4. The first kappa shape index (κ1) is 18.5. The SMILES string of the molecule is C=C1C[C@H]2[C@@H]3CCC4=CC(=O)C=C[C@]4(C)[C@H]3[C@@H](O)C[C@]2(C)[C@@]1(O)C(=O)C=O. The number of ketones is 2. The molecule has 27 heavy (non-hydrogen) atoms. The minimum absolute atomic E-state index is 0.0174. The number of fused-ring (bicyclic) bond motifs is 5. The van der Waals surface area contributed by atoms with Gasteiger partial charge in [-0.25, -0.2) is 0 Å². The van der Waals surface area contributed by atoms with Crippen LogP contribution in [0.1, 0.15) is 39.5 Å². The quantitative estimate of drug-likeness (QED) is 0.440. The normalized spacial score (nSPS) is 48.4. The lowest BCUT2D eigenvalue weighted by Gasteiger charge is -2.59. The van der Waals surface area contributed by atoms with E-state index in [4.69, 9.17) is 0 Å². The average Bonchev–Trinajstić information content (AvgIpc) is 2.82. The highest BCUT2D eigenvalue weighted by molar-refractivity contribution is 6.30. The first-order valence-electron chi connectivity index (χ1n) is 9.62. The van der Waals surface area contributed by atoms with Gasteiger partial charge in [-0.2, -0.15) is 0 Å². The number of hydrogen-bond donors (Lipinski definition) is 2. The molecule has 0 heterocycles. The summed E-state index contributed by atoms with van der Waals surface area (Å²) in [7, 11) is 0. The Morgan fingerprint density at radius 3 is 2.74 bits per heavy atom. The van der Waals surface area contributed by atoms with Crippen LogP contribution in [0.2, 0.25) is 0 Å². The first-order valence-corrected chi connectivity index (χ1v) is 9.62. The van der Waals surface area contributed by atoms with Crippen molar-refractivity contribution in [1.82, 2.24) is 0 Å². The number of rotatable bonds is 2. The molecule has 4 aliphatic rings. The van der Waals surface area contributed by atoms with Gasteiger partial charge in [-0.15, -0.1) is 0 Å². The molecular formula is C22H26O5. The Bertz CT molecular complexity index is 823. The number of carbonyl (C=O) groups is 3. The van der Waals surface area contributed by atoms with Crippen molar-refractivity contribution in [3.05, 3.63) is 36.0 Å². The maximum absolute atomic E-state index is 12.4. The van der Waals surface area contributed by atoms with Crippen LogP contribution in [0.4, 0.5) is 0 Å². The van der Waals surface area contributed by atoms with E-state index in [0.29, 0.717) is 12.0 Å². The lowest BCUT2D eigenvalue weighted by molar-refractivity contribution is -0.171. The highest BCUT2D eigenvalue weighted by Gasteiger charge is 2.69. The molecule has 0 saturated heterocycles. The summed E-state index contributed by atoms with van der Waals surface area (Å²) >= 11 is 0. The standard InChI is InChI=1S/C22H26O5/c1-12-8-16-15-5-4-13-9-14(24)6-7-20(13,2)19(15)17(25)10-21(16,3)22(12,27)18(26)11-23/h6-7,9,11,15-17,19,25,27H,1,4-5,8,10H2,2-3H3/t15-,16-,17-,19+,20-,21-,22-/m0/s1. The molecule has 5 nitrogen and oxygen atoms in total. The molecule has 5 heteroatoms. The van der Waals surface area contributed by atoms with Gasteiger partial charge in [0.25, 0.3) is 0 Å². The van der Waals surface area contributed by atoms with Gasteiger partial charge in [-0.3, -0.25) is 14.4 Å². The average molecular weight is 370 g/mol. The largest absolute Gasteiger partial charge is 0.393 e. The van der Waals surface area contributed by atoms with E-state index < -0.39 is 28.3 Å². The summed E-state index contributed by atoms with van der Waals surface area (Å²) in [4.78, 5) is 35.4. The molecule has 0 aromatic carbocycles. The molecule has 3 saturated carbocycles. The van der Waals surface area contributed by atoms with Crippen LogP contribution in [0.15, 0.2) is 36.0 Å². The van der Waals surface area contributed by atoms with Gasteiger partial charge >= 0.3 is 0 Å². The fourth-order valence-corrected chi connectivity index (χ4v) is 6.82. The van der Waals surface area contributed by atoms with Crippen LogP contribution in [0.25, 0.3) is 0 Å². The van der Waals surface area contributed by atoms with Gasteiger partial charge in [0.15, 0.2) is 17.7 Å². The van der Waals surface area contributed by atoms with E-state index in [1.54, 1.807) is 12.2 Å². The van der Waals surface area contributed by atoms with Crippen molar-refractivity contribution in [2.24, 2.45) is 28.6 Å². The topological polar surface area (TPSA) is 91.7 Å². The Hall–Kier alpha value is -1.85. The zero-order valence-electron chi connectivity index (χ0n) is 15.8. The summed E-state index contributed by atoms with van der Waals surface area (Å²) in [5.74, 6) is -0.952. The van der Waals surface area contributed by atoms with E-state index in [2.05, 4.69) is 13.5 Å². The van der Waals surface area contributed by atoms with Crippen molar-refractivity contribution in [3.63, 3.8) is 0 Å². The van der Waals surface area contributed by atoms with Crippen LogP contribution in [-0.2, 0) is 14.4 Å². The molecule has 0 radical (unpaired) electrons. The van der Waals surface area contributed by atoms with Gasteiger partial charge in [0.05, 0.1) is 6.10 Å². The van der Waals surface area contributed by atoms with Crippen molar-refractivity contribution in [2.75, 3.05) is 0 Å². The molecule has 4 aliphatic carbocycles. The third-order valence-corrected chi connectivity index (χ3v) is 8.15. The molecule has 2 N–H and O–H groups in total. The Morgan fingerprint density at radius 2 is 2.07 bits per heavy atom. The van der Waals surface area contributed by atoms with Crippen LogP contribution < -0.4 is 0 Å². The molecule has 144 valence electrons. The Morgan fingerprint density at radius 1 is 1.37 bits per heavy atom. The maximum Gasteiger partial charge on any atom is 0.231 e. The van der Waals surface area contributed by atoms with Crippen molar-refractivity contribution in [1.29, 1.82) is 0 Å². The van der Waals surface area contributed by atoms with Gasteiger partial charge in [0.2, 0.25) is 5.78 Å². The summed E-state index contributed by atoms with van der Waals surface area (Å²) < 4.78 is 0. The Balaban J connectivity index is 1.80. The predicted molar refractivity (Wildman–Crippen MR) is 98.5 cm³/mol. The van der Waals surface area contributed by atoms with Crippen LogP contribution >= 0.6 is 0 Å². The van der Waals surface area contributed by atoms with Crippen molar-refractivity contribution in [3.8, 4) is 0 Å². The molecular weight excluding hydrogens is 344 g/mol. The number of aliphatic hydroxyl groups is 2. The minimum atomic E-state index is -1.92. The third kappa shape index (κ3) is 2.10. The molecule has 4 rings (SSSR count). The molecule has 0 aromatic rings. The number of aldehydes is 1. The lowest BCUT2D eigenvalue weighted by atomic mass is 9.46. The van der Waals surface area contributed by atoms with Crippen molar-refractivity contribution >= 4 is 17.9 Å². The summed E-state index contributed by atoms with van der Waals surface area (Å²) in [6.07, 6.45) is 6.83. The second-order valence-corrected chi connectivity index (χ2v) is 9.21. The smallest absolute Gasteiger partial charge is 0.231 e. The number of allylic oxidation sites excluding steroid dienone is 4. The molecule has 7 atom stereocenters. The Kier molecular flexibility index (Phi) is 3.83. The number of carbonyl (C=O) groups excluding carboxylic acids is 3. The molecule has 0 spiro atoms. The van der Waals surface area contributed by atoms with Gasteiger partial charge in [0.1, 0.15) is 0 Å². The fourth-order valence-electron chi connectivity index (χ4n) is 6.82. The van der Waals surface area contributed by atoms with E-state index >= 15 is 0 Å². The second-order valence-electron chi connectivity index (χ2n) is 9.21. The monoisotopic (exact) mass is 370 g/mol. The zero-order valence-corrected chi connectivity index (χ0v) is 15.8. The number of aliphatic hydroxyl groups excluding tert-OH is 1. The van der Waals surface area contributed by atoms with E-state index in [0.717, 1.165) is 18.4 Å². The van der Waals surface area contributed by atoms with Crippen molar-refractivity contribution in [2.45, 2.75) is 51.2 Å². The van der Waals surface area contributed by atoms with Crippen LogP contribution in [-0.4, -0.2) is 39.8 Å². The lowest BCUT2D eigenvalue weighted by Crippen LogP contribution is -2.61. The van der Waals surface area contributed by atoms with Crippen LogP contribution in [0.5, 0.6) is 0 Å². The van der Waals surface area contributed by atoms with Crippen LogP contribution in [0.3, 0.4) is 0 Å². The molecule has 0 unspecified atom stereocenters. The maximum atomic E-state index is 12.4. The molecule has 0 amide bonds. The van der Waals surface area contributed by atoms with Crippen molar-refractivity contribution < 1.29 is 24.6 Å². The van der Waals surface area contributed by atoms with Gasteiger partial charge < -0.3 is 10.2 Å². The number of hydrogen-bond acceptors (Lipinski definition) is 5. The predicted octanol–water partition coefficient (Wildman–Crippen LogP) is 1.93. The summed E-state index contributed by atoms with van der Waals surface area (Å²) in [6, 6.07) is 0. The summed E-state index contributed by atoms with van der Waals surface area (Å²) in [5.41, 5.74) is -1.82. The van der Waals surface area contributed by atoms with Gasteiger partial charge in [0, 0.05) is 16.7 Å². The van der Waals surface area contributed by atoms with E-state index in [9.17, 15) is 24.6 Å². The van der Waals surface area contributed by atoms with E-state index in [1.807, 2.05) is 13.0 Å².